The van der Waals surface area contributed by atoms with E-state index in [9.17, 15) is 4.39 Å². The molecule has 0 radical (unpaired) electrons. The quantitative estimate of drug-likeness (QED) is 0.896. The van der Waals surface area contributed by atoms with Crippen LogP contribution in [0, 0.1) is 5.82 Å². The highest BCUT2D eigenvalue weighted by Gasteiger charge is 2.16. The summed E-state index contributed by atoms with van der Waals surface area (Å²) >= 11 is 4.81. The van der Waals surface area contributed by atoms with Gasteiger partial charge in [-0.25, -0.2) is 4.39 Å². The molecule has 0 fully saturated rings. The average molecular weight is 303 g/mol. The van der Waals surface area contributed by atoms with E-state index in [2.05, 4.69) is 33.2 Å². The second kappa shape index (κ2) is 5.19. The number of thioether (sulfide) groups is 1. The Kier molecular flexibility index (Phi) is 3.86. The second-order valence-corrected chi connectivity index (χ2v) is 5.42. The highest BCUT2D eigenvalue weighted by Crippen LogP contribution is 2.24. The Labute approximate surface area is 107 Å². The van der Waals surface area contributed by atoms with E-state index in [1.165, 1.54) is 6.07 Å². The minimum Gasteiger partial charge on any atom is -0.335 e. The summed E-state index contributed by atoms with van der Waals surface area (Å²) in [6, 6.07) is 5.38. The zero-order chi connectivity index (χ0) is 11.5. The van der Waals surface area contributed by atoms with Gasteiger partial charge in [-0.2, -0.15) is 0 Å². The summed E-state index contributed by atoms with van der Waals surface area (Å²) in [5.74, 6) is 0.748. The molecule has 0 saturated carbocycles. The van der Waals surface area contributed by atoms with Crippen molar-refractivity contribution in [3.63, 3.8) is 0 Å². The van der Waals surface area contributed by atoms with Crippen molar-refractivity contribution in [3.8, 4) is 0 Å². The molecule has 0 amide bonds. The lowest BCUT2D eigenvalue weighted by Crippen LogP contribution is -2.05. The molecule has 0 spiro atoms. The third-order valence-corrected chi connectivity index (χ3v) is 4.03. The van der Waals surface area contributed by atoms with E-state index in [4.69, 9.17) is 0 Å². The SMILES string of the molecule is CCC1CSC(Nc2ccc(Br)c(F)c2)=N1. The topological polar surface area (TPSA) is 24.4 Å². The van der Waals surface area contributed by atoms with Crippen molar-refractivity contribution in [2.24, 2.45) is 4.99 Å². The molecule has 1 aliphatic rings. The van der Waals surface area contributed by atoms with Crippen molar-refractivity contribution >= 4 is 38.5 Å². The average Bonchev–Trinajstić information content (AvgIpc) is 2.71. The van der Waals surface area contributed by atoms with Gasteiger partial charge in [0.15, 0.2) is 5.17 Å². The molecule has 1 atom stereocenters. The highest BCUT2D eigenvalue weighted by molar-refractivity contribution is 9.10. The number of nitrogens with one attached hydrogen (secondary N) is 1. The van der Waals surface area contributed by atoms with E-state index in [0.717, 1.165) is 23.0 Å². The zero-order valence-electron chi connectivity index (χ0n) is 8.84. The predicted octanol–water partition coefficient (Wildman–Crippen LogP) is 3.88. The largest absolute Gasteiger partial charge is 0.335 e. The Morgan fingerprint density at radius 3 is 3.06 bits per heavy atom. The number of benzene rings is 1. The summed E-state index contributed by atoms with van der Waals surface area (Å²) in [6.45, 7) is 2.12. The maximum Gasteiger partial charge on any atom is 0.161 e. The van der Waals surface area contributed by atoms with E-state index in [1.54, 1.807) is 17.8 Å². The summed E-state index contributed by atoms with van der Waals surface area (Å²) in [6.07, 6.45) is 1.05. The van der Waals surface area contributed by atoms with Gasteiger partial charge in [-0.15, -0.1) is 0 Å². The van der Waals surface area contributed by atoms with Crippen molar-refractivity contribution in [3.05, 3.63) is 28.5 Å². The van der Waals surface area contributed by atoms with Gasteiger partial charge < -0.3 is 5.32 Å². The van der Waals surface area contributed by atoms with E-state index in [-0.39, 0.29) is 5.82 Å². The van der Waals surface area contributed by atoms with E-state index in [0.29, 0.717) is 10.5 Å². The van der Waals surface area contributed by atoms with Gasteiger partial charge in [-0.3, -0.25) is 4.99 Å². The molecule has 5 heteroatoms. The second-order valence-electron chi connectivity index (χ2n) is 3.56. The first kappa shape index (κ1) is 11.9. The molecular weight excluding hydrogens is 291 g/mol. The van der Waals surface area contributed by atoms with Gasteiger partial charge in [0, 0.05) is 11.4 Å². The maximum absolute atomic E-state index is 13.3. The molecule has 1 aliphatic heterocycles. The molecule has 1 N–H and O–H groups in total. The summed E-state index contributed by atoms with van der Waals surface area (Å²) in [5.41, 5.74) is 0.740. The molecule has 1 unspecified atom stereocenters. The van der Waals surface area contributed by atoms with Gasteiger partial charge in [-0.1, -0.05) is 18.7 Å². The van der Waals surface area contributed by atoms with Gasteiger partial charge in [0.25, 0.3) is 0 Å². The van der Waals surface area contributed by atoms with Crippen molar-refractivity contribution in [2.75, 3.05) is 11.1 Å². The molecule has 16 heavy (non-hydrogen) atoms. The Balaban J connectivity index is 2.07. The summed E-state index contributed by atoms with van der Waals surface area (Å²) in [5, 5.41) is 4.01. The number of nitrogens with zero attached hydrogens (tertiary/aromatic N) is 1. The summed E-state index contributed by atoms with van der Waals surface area (Å²) in [4.78, 5) is 4.49. The number of hydrogen-bond acceptors (Lipinski definition) is 3. The zero-order valence-corrected chi connectivity index (χ0v) is 11.2. The van der Waals surface area contributed by atoms with Crippen LogP contribution in [0.25, 0.3) is 0 Å². The molecule has 86 valence electrons. The van der Waals surface area contributed by atoms with Crippen LogP contribution in [0.1, 0.15) is 13.3 Å². The van der Waals surface area contributed by atoms with Gasteiger partial charge >= 0.3 is 0 Å². The van der Waals surface area contributed by atoms with Crippen molar-refractivity contribution in [1.82, 2.24) is 0 Å². The molecule has 1 aromatic rings. The molecule has 0 bridgehead atoms. The number of halogens is 2. The van der Waals surface area contributed by atoms with Gasteiger partial charge in [0.05, 0.1) is 10.5 Å². The first-order valence-corrected chi connectivity index (χ1v) is 6.89. The van der Waals surface area contributed by atoms with Crippen molar-refractivity contribution in [2.45, 2.75) is 19.4 Å². The maximum atomic E-state index is 13.3. The van der Waals surface area contributed by atoms with E-state index in [1.807, 2.05) is 6.07 Å². The Hall–Kier alpha value is -0.550. The van der Waals surface area contributed by atoms with Crippen molar-refractivity contribution in [1.29, 1.82) is 0 Å². The lowest BCUT2D eigenvalue weighted by atomic mass is 10.3. The minimum atomic E-state index is -0.263. The molecule has 2 rings (SSSR count). The standard InChI is InChI=1S/C11H12BrFN2S/c1-2-7-6-16-11(14-7)15-8-3-4-9(12)10(13)5-8/h3-5,7H,2,6H2,1H3,(H,14,15). The fourth-order valence-corrected chi connectivity index (χ4v) is 2.71. The lowest BCUT2D eigenvalue weighted by Gasteiger charge is -2.05. The molecule has 1 heterocycles. The van der Waals surface area contributed by atoms with Crippen LogP contribution >= 0.6 is 27.7 Å². The molecule has 0 aromatic heterocycles. The lowest BCUT2D eigenvalue weighted by molar-refractivity contribution is 0.622. The van der Waals surface area contributed by atoms with Crippen LogP contribution in [0.3, 0.4) is 0 Å². The van der Waals surface area contributed by atoms with Crippen molar-refractivity contribution < 1.29 is 4.39 Å². The fourth-order valence-electron chi connectivity index (χ4n) is 1.39. The number of rotatable bonds is 2. The van der Waals surface area contributed by atoms with Gasteiger partial charge in [0.1, 0.15) is 5.82 Å². The fraction of sp³-hybridized carbons (Fsp3) is 0.364. The smallest absolute Gasteiger partial charge is 0.161 e. The van der Waals surface area contributed by atoms with E-state index >= 15 is 0 Å². The monoisotopic (exact) mass is 302 g/mol. The van der Waals surface area contributed by atoms with Crippen LogP contribution in [0.15, 0.2) is 27.7 Å². The Morgan fingerprint density at radius 2 is 2.44 bits per heavy atom. The number of amidine groups is 1. The van der Waals surface area contributed by atoms with E-state index < -0.39 is 0 Å². The van der Waals surface area contributed by atoms with Gasteiger partial charge in [0.2, 0.25) is 0 Å². The van der Waals surface area contributed by atoms with Crippen LogP contribution < -0.4 is 5.32 Å². The van der Waals surface area contributed by atoms with Crippen LogP contribution in [-0.2, 0) is 0 Å². The normalized spacial score (nSPS) is 19.7. The first-order chi connectivity index (χ1) is 7.69. The van der Waals surface area contributed by atoms with Crippen LogP contribution in [0.2, 0.25) is 0 Å². The summed E-state index contributed by atoms with van der Waals surface area (Å²) < 4.78 is 13.7. The molecular formula is C11H12BrFN2S. The third kappa shape index (κ3) is 2.77. The minimum absolute atomic E-state index is 0.263. The van der Waals surface area contributed by atoms with Crippen LogP contribution in [0.5, 0.6) is 0 Å². The Morgan fingerprint density at radius 1 is 1.62 bits per heavy atom. The number of aliphatic imine (C=N–C) groups is 1. The number of anilines is 1. The van der Waals surface area contributed by atoms with Gasteiger partial charge in [-0.05, 0) is 40.5 Å². The Bertz CT molecular complexity index is 422. The molecule has 2 nitrogen and oxygen atoms in total. The van der Waals surface area contributed by atoms with Crippen LogP contribution in [-0.4, -0.2) is 17.0 Å². The number of hydrogen-bond donors (Lipinski definition) is 1. The van der Waals surface area contributed by atoms with Crippen LogP contribution in [0.4, 0.5) is 10.1 Å². The molecule has 0 aliphatic carbocycles. The third-order valence-electron chi connectivity index (χ3n) is 2.35. The molecule has 0 saturated heterocycles. The summed E-state index contributed by atoms with van der Waals surface area (Å²) in [7, 11) is 0. The molecule has 1 aromatic carbocycles. The first-order valence-electron chi connectivity index (χ1n) is 5.11. The highest BCUT2D eigenvalue weighted by atomic mass is 79.9. The predicted molar refractivity (Wildman–Crippen MR) is 71.7 cm³/mol.